The highest BCUT2D eigenvalue weighted by atomic mass is 16.7. The van der Waals surface area contributed by atoms with Gasteiger partial charge in [-0.25, -0.2) is 0 Å². The standard InChI is InChI=1S/C8H14O5/c9-3-4-1-2-8(4)6(11)5(10)7(12)13-8/h4-7,9-12H,1-3H2/t4-,5?,6+,7+,8+/m0/s1. The van der Waals surface area contributed by atoms with Crippen molar-refractivity contribution in [1.82, 2.24) is 0 Å². The summed E-state index contributed by atoms with van der Waals surface area (Å²) < 4.78 is 5.11. The summed E-state index contributed by atoms with van der Waals surface area (Å²) in [5, 5.41) is 37.0. The van der Waals surface area contributed by atoms with Gasteiger partial charge >= 0.3 is 0 Å². The molecule has 1 spiro atoms. The van der Waals surface area contributed by atoms with Gasteiger partial charge in [0.1, 0.15) is 17.8 Å². The van der Waals surface area contributed by atoms with Crippen LogP contribution in [0.2, 0.25) is 0 Å². The Morgan fingerprint density at radius 1 is 1.31 bits per heavy atom. The van der Waals surface area contributed by atoms with Crippen molar-refractivity contribution in [2.24, 2.45) is 5.92 Å². The lowest BCUT2D eigenvalue weighted by Gasteiger charge is -2.47. The van der Waals surface area contributed by atoms with Crippen LogP contribution in [0, 0.1) is 5.92 Å². The van der Waals surface area contributed by atoms with Gasteiger partial charge < -0.3 is 25.2 Å². The zero-order chi connectivity index (χ0) is 9.64. The van der Waals surface area contributed by atoms with Crippen LogP contribution in [0.5, 0.6) is 0 Å². The van der Waals surface area contributed by atoms with Crippen LogP contribution in [0.4, 0.5) is 0 Å². The van der Waals surface area contributed by atoms with Gasteiger partial charge in [-0.1, -0.05) is 0 Å². The monoisotopic (exact) mass is 190 g/mol. The van der Waals surface area contributed by atoms with E-state index in [0.717, 1.165) is 6.42 Å². The highest BCUT2D eigenvalue weighted by molar-refractivity contribution is 5.09. The average molecular weight is 190 g/mol. The number of ether oxygens (including phenoxy) is 1. The number of rotatable bonds is 1. The second kappa shape index (κ2) is 2.90. The third-order valence-electron chi connectivity index (χ3n) is 3.25. The molecule has 1 heterocycles. The van der Waals surface area contributed by atoms with Crippen LogP contribution < -0.4 is 0 Å². The molecule has 76 valence electrons. The van der Waals surface area contributed by atoms with Crippen LogP contribution in [0.25, 0.3) is 0 Å². The lowest BCUT2D eigenvalue weighted by molar-refractivity contribution is -0.221. The molecule has 1 saturated heterocycles. The molecule has 1 aliphatic carbocycles. The quantitative estimate of drug-likeness (QED) is 0.391. The number of aliphatic hydroxyl groups excluding tert-OH is 4. The van der Waals surface area contributed by atoms with Gasteiger partial charge in [-0.05, 0) is 12.8 Å². The molecule has 2 fully saturated rings. The van der Waals surface area contributed by atoms with E-state index >= 15 is 0 Å². The molecule has 1 unspecified atom stereocenters. The molecule has 13 heavy (non-hydrogen) atoms. The van der Waals surface area contributed by atoms with E-state index in [1.807, 2.05) is 0 Å². The van der Waals surface area contributed by atoms with Crippen molar-refractivity contribution in [2.75, 3.05) is 6.61 Å². The summed E-state index contributed by atoms with van der Waals surface area (Å²) in [4.78, 5) is 0. The second-order valence-corrected chi connectivity index (χ2v) is 3.82. The largest absolute Gasteiger partial charge is 0.396 e. The maximum Gasteiger partial charge on any atom is 0.184 e. The van der Waals surface area contributed by atoms with E-state index in [-0.39, 0.29) is 12.5 Å². The maximum atomic E-state index is 9.59. The minimum absolute atomic E-state index is 0.0868. The Balaban J connectivity index is 2.16. The summed E-state index contributed by atoms with van der Waals surface area (Å²) in [5.74, 6) is -0.172. The first-order chi connectivity index (χ1) is 6.12. The first kappa shape index (κ1) is 9.36. The number of aliphatic hydroxyl groups is 4. The van der Waals surface area contributed by atoms with Crippen molar-refractivity contribution in [3.05, 3.63) is 0 Å². The molecule has 1 saturated carbocycles. The molecule has 0 aromatic rings. The summed E-state index contributed by atoms with van der Waals surface area (Å²) >= 11 is 0. The van der Waals surface area contributed by atoms with E-state index in [4.69, 9.17) is 14.9 Å². The maximum absolute atomic E-state index is 9.59. The molecular formula is C8H14O5. The van der Waals surface area contributed by atoms with Gasteiger partial charge in [0.05, 0.1) is 0 Å². The minimum Gasteiger partial charge on any atom is -0.396 e. The van der Waals surface area contributed by atoms with E-state index in [2.05, 4.69) is 0 Å². The van der Waals surface area contributed by atoms with Crippen molar-refractivity contribution >= 4 is 0 Å². The molecule has 5 nitrogen and oxygen atoms in total. The van der Waals surface area contributed by atoms with Gasteiger partial charge in [0.2, 0.25) is 0 Å². The van der Waals surface area contributed by atoms with E-state index < -0.39 is 24.1 Å². The minimum atomic E-state index is -1.33. The van der Waals surface area contributed by atoms with Crippen LogP contribution in [0.1, 0.15) is 12.8 Å². The number of hydrogen-bond donors (Lipinski definition) is 4. The van der Waals surface area contributed by atoms with Crippen molar-refractivity contribution < 1.29 is 25.2 Å². The second-order valence-electron chi connectivity index (χ2n) is 3.82. The normalized spacial score (nSPS) is 55.4. The van der Waals surface area contributed by atoms with Crippen LogP contribution in [0.3, 0.4) is 0 Å². The van der Waals surface area contributed by atoms with E-state index in [0.29, 0.717) is 6.42 Å². The SMILES string of the molecule is OC[C@@H]1CC[C@@]12O[C@@H](O)C(O)[C@H]2O. The first-order valence-electron chi connectivity index (χ1n) is 4.44. The van der Waals surface area contributed by atoms with Gasteiger partial charge in [-0.15, -0.1) is 0 Å². The molecule has 4 N–H and O–H groups in total. The lowest BCUT2D eigenvalue weighted by Crippen LogP contribution is -2.57. The summed E-state index contributed by atoms with van der Waals surface area (Å²) in [6, 6.07) is 0. The summed E-state index contributed by atoms with van der Waals surface area (Å²) in [6.07, 6.45) is -2.34. The zero-order valence-electron chi connectivity index (χ0n) is 7.13. The molecule has 2 aliphatic rings. The van der Waals surface area contributed by atoms with E-state index in [1.165, 1.54) is 0 Å². The molecular weight excluding hydrogens is 176 g/mol. The smallest absolute Gasteiger partial charge is 0.184 e. The highest BCUT2D eigenvalue weighted by Crippen LogP contribution is 2.49. The third kappa shape index (κ3) is 1.05. The fraction of sp³-hybridized carbons (Fsp3) is 1.00. The molecule has 0 amide bonds. The van der Waals surface area contributed by atoms with Crippen LogP contribution in [-0.2, 0) is 4.74 Å². The van der Waals surface area contributed by atoms with Crippen LogP contribution in [-0.4, -0.2) is 51.1 Å². The summed E-state index contributed by atoms with van der Waals surface area (Å²) in [6.45, 7) is -0.0868. The predicted octanol–water partition coefficient (Wildman–Crippen LogP) is -1.80. The summed E-state index contributed by atoms with van der Waals surface area (Å²) in [7, 11) is 0. The van der Waals surface area contributed by atoms with E-state index in [9.17, 15) is 10.2 Å². The summed E-state index contributed by atoms with van der Waals surface area (Å²) in [5.41, 5.74) is -0.909. The molecule has 1 aliphatic heterocycles. The van der Waals surface area contributed by atoms with Gasteiger partial charge in [0.15, 0.2) is 6.29 Å². The predicted molar refractivity (Wildman–Crippen MR) is 41.6 cm³/mol. The number of hydrogen-bond acceptors (Lipinski definition) is 5. The van der Waals surface area contributed by atoms with Gasteiger partial charge in [-0.2, -0.15) is 0 Å². The van der Waals surface area contributed by atoms with Crippen molar-refractivity contribution in [3.63, 3.8) is 0 Å². The topological polar surface area (TPSA) is 90.2 Å². The Morgan fingerprint density at radius 3 is 2.31 bits per heavy atom. The molecule has 5 atom stereocenters. The van der Waals surface area contributed by atoms with Gasteiger partial charge in [-0.3, -0.25) is 0 Å². The van der Waals surface area contributed by atoms with Gasteiger partial charge in [0, 0.05) is 12.5 Å². The molecule has 0 aromatic carbocycles. The van der Waals surface area contributed by atoms with Crippen molar-refractivity contribution in [1.29, 1.82) is 0 Å². The molecule has 0 radical (unpaired) electrons. The molecule has 5 heteroatoms. The van der Waals surface area contributed by atoms with Crippen molar-refractivity contribution in [3.8, 4) is 0 Å². The Labute approximate surface area is 75.6 Å². The highest BCUT2D eigenvalue weighted by Gasteiger charge is 2.61. The van der Waals surface area contributed by atoms with E-state index in [1.54, 1.807) is 0 Å². The van der Waals surface area contributed by atoms with Crippen LogP contribution in [0.15, 0.2) is 0 Å². The third-order valence-corrected chi connectivity index (χ3v) is 3.25. The molecule has 2 rings (SSSR count). The Bertz CT molecular complexity index is 207. The Morgan fingerprint density at radius 2 is 2.00 bits per heavy atom. The zero-order valence-corrected chi connectivity index (χ0v) is 7.13. The molecule has 0 bridgehead atoms. The Hall–Kier alpha value is -0.200. The Kier molecular flexibility index (Phi) is 2.08. The van der Waals surface area contributed by atoms with Crippen molar-refractivity contribution in [2.45, 2.75) is 36.9 Å². The lowest BCUT2D eigenvalue weighted by atomic mass is 9.66. The fourth-order valence-corrected chi connectivity index (χ4v) is 2.23. The fourth-order valence-electron chi connectivity index (χ4n) is 2.23. The van der Waals surface area contributed by atoms with Crippen LogP contribution >= 0.6 is 0 Å². The average Bonchev–Trinajstić information content (AvgIpc) is 2.31. The van der Waals surface area contributed by atoms with Gasteiger partial charge in [0.25, 0.3) is 0 Å². The molecule has 0 aromatic heterocycles. The first-order valence-corrected chi connectivity index (χ1v) is 4.44.